The second kappa shape index (κ2) is 14.1. The van der Waals surface area contributed by atoms with Gasteiger partial charge in [0.25, 0.3) is 0 Å². The molecule has 0 saturated carbocycles. The first kappa shape index (κ1) is 21.5. The quantitative estimate of drug-likeness (QED) is 0.168. The first-order valence-electron chi connectivity index (χ1n) is 9.74. The number of hydrogen-bond acceptors (Lipinski definition) is 1. The SMILES string of the molecule is CCCCN=[C](CC)[Sn]([CH2]CCC)([CH2]CCC)[CH2]CCC. The van der Waals surface area contributed by atoms with Gasteiger partial charge in [-0.1, -0.05) is 0 Å². The average molecular weight is 402 g/mol. The number of nitrogens with zero attached hydrogens (tertiary/aromatic N) is 1. The predicted octanol–water partition coefficient (Wildman–Crippen LogP) is 7.03. The zero-order valence-electron chi connectivity index (χ0n) is 15.6. The molecule has 0 fully saturated rings. The topological polar surface area (TPSA) is 12.4 Å². The molecule has 21 heavy (non-hydrogen) atoms. The Balaban J connectivity index is 5.16. The summed E-state index contributed by atoms with van der Waals surface area (Å²) < 4.78 is 6.48. The van der Waals surface area contributed by atoms with Crippen LogP contribution in [0.5, 0.6) is 0 Å². The van der Waals surface area contributed by atoms with E-state index in [4.69, 9.17) is 4.99 Å². The van der Waals surface area contributed by atoms with Crippen LogP contribution in [0.25, 0.3) is 0 Å². The van der Waals surface area contributed by atoms with Gasteiger partial charge in [-0.2, -0.15) is 0 Å². The Morgan fingerprint density at radius 3 is 1.43 bits per heavy atom. The average Bonchev–Trinajstić information content (AvgIpc) is 2.52. The van der Waals surface area contributed by atoms with Gasteiger partial charge in [0.05, 0.1) is 0 Å². The fraction of sp³-hybridized carbons (Fsp3) is 0.947. The molecule has 0 aliphatic rings. The van der Waals surface area contributed by atoms with Crippen molar-refractivity contribution < 1.29 is 0 Å². The molecule has 0 N–H and O–H groups in total. The van der Waals surface area contributed by atoms with E-state index < -0.39 is 18.4 Å². The van der Waals surface area contributed by atoms with Gasteiger partial charge in [0.1, 0.15) is 0 Å². The van der Waals surface area contributed by atoms with Crippen LogP contribution in [0.1, 0.15) is 92.4 Å². The zero-order valence-corrected chi connectivity index (χ0v) is 18.5. The van der Waals surface area contributed by atoms with E-state index in [0.717, 1.165) is 6.54 Å². The van der Waals surface area contributed by atoms with E-state index in [-0.39, 0.29) is 0 Å². The summed E-state index contributed by atoms with van der Waals surface area (Å²) in [4.78, 5) is 5.17. The van der Waals surface area contributed by atoms with Gasteiger partial charge in [0.15, 0.2) is 0 Å². The molecule has 0 amide bonds. The Morgan fingerprint density at radius 2 is 1.10 bits per heavy atom. The third kappa shape index (κ3) is 8.61. The molecule has 0 bridgehead atoms. The second-order valence-corrected chi connectivity index (χ2v) is 19.9. The zero-order chi connectivity index (χ0) is 16.0. The standard InChI is InChI=1S/C7H14N.3C4H9.Sn/c1-3-5-7-8-6-4-2;3*1-3-4-2;/h3-5,7H2,1-2H3;3*1,3-4H2,2H3;. The van der Waals surface area contributed by atoms with Gasteiger partial charge < -0.3 is 0 Å². The summed E-state index contributed by atoms with van der Waals surface area (Å²) in [6, 6.07) is 0. The van der Waals surface area contributed by atoms with Crippen molar-refractivity contribution in [2.75, 3.05) is 6.54 Å². The molecule has 0 aromatic carbocycles. The van der Waals surface area contributed by atoms with Crippen molar-refractivity contribution in [1.29, 1.82) is 0 Å². The molecule has 0 aromatic rings. The van der Waals surface area contributed by atoms with Gasteiger partial charge in [-0.25, -0.2) is 0 Å². The van der Waals surface area contributed by atoms with Crippen molar-refractivity contribution in [2.45, 2.75) is 106 Å². The van der Waals surface area contributed by atoms with Crippen LogP contribution in [0.15, 0.2) is 4.99 Å². The van der Waals surface area contributed by atoms with Crippen molar-refractivity contribution in [3.05, 3.63) is 0 Å². The van der Waals surface area contributed by atoms with E-state index >= 15 is 0 Å². The predicted molar refractivity (Wildman–Crippen MR) is 102 cm³/mol. The molecule has 126 valence electrons. The van der Waals surface area contributed by atoms with Gasteiger partial charge >= 0.3 is 139 Å². The molecule has 0 radical (unpaired) electrons. The Labute approximate surface area is 139 Å². The molecule has 0 spiro atoms. The second-order valence-electron chi connectivity index (χ2n) is 6.63. The summed E-state index contributed by atoms with van der Waals surface area (Å²) in [5.41, 5.74) is 0. The van der Waals surface area contributed by atoms with E-state index in [1.54, 1.807) is 17.0 Å². The monoisotopic (exact) mass is 403 g/mol. The van der Waals surface area contributed by atoms with Crippen LogP contribution in [0.4, 0.5) is 0 Å². The van der Waals surface area contributed by atoms with Crippen LogP contribution < -0.4 is 0 Å². The van der Waals surface area contributed by atoms with Crippen LogP contribution in [0.2, 0.25) is 13.3 Å². The summed E-state index contributed by atoms with van der Waals surface area (Å²) in [6.07, 6.45) is 12.3. The minimum atomic E-state index is -2.16. The van der Waals surface area contributed by atoms with Crippen LogP contribution in [0, 0.1) is 0 Å². The third-order valence-electron chi connectivity index (χ3n) is 4.79. The van der Waals surface area contributed by atoms with Crippen molar-refractivity contribution in [2.24, 2.45) is 4.99 Å². The number of rotatable bonds is 14. The first-order chi connectivity index (χ1) is 10.2. The molecule has 0 aliphatic heterocycles. The Hall–Kier alpha value is 0.469. The number of aliphatic imine (C=N–C) groups is 1. The molecule has 0 atom stereocenters. The summed E-state index contributed by atoms with van der Waals surface area (Å²) in [6.45, 7) is 12.8. The molecule has 0 rings (SSSR count). The van der Waals surface area contributed by atoms with Crippen LogP contribution >= 0.6 is 0 Å². The molecule has 0 saturated heterocycles. The van der Waals surface area contributed by atoms with Crippen molar-refractivity contribution in [1.82, 2.24) is 0 Å². The Morgan fingerprint density at radius 1 is 0.667 bits per heavy atom. The molecule has 0 unspecified atom stereocenters. The maximum absolute atomic E-state index is 5.17. The van der Waals surface area contributed by atoms with E-state index in [0.29, 0.717) is 0 Å². The van der Waals surface area contributed by atoms with Crippen LogP contribution in [-0.2, 0) is 0 Å². The summed E-state index contributed by atoms with van der Waals surface area (Å²) >= 11 is -2.16. The summed E-state index contributed by atoms with van der Waals surface area (Å²) in [7, 11) is 0. The van der Waals surface area contributed by atoms with Gasteiger partial charge in [-0.15, -0.1) is 0 Å². The van der Waals surface area contributed by atoms with Gasteiger partial charge in [0, 0.05) is 0 Å². The molecule has 1 nitrogen and oxygen atoms in total. The summed E-state index contributed by atoms with van der Waals surface area (Å²) in [5.74, 6) is 0. The van der Waals surface area contributed by atoms with Gasteiger partial charge in [-0.05, 0) is 0 Å². The van der Waals surface area contributed by atoms with E-state index in [1.165, 1.54) is 57.8 Å². The minimum absolute atomic E-state index is 1.10. The van der Waals surface area contributed by atoms with Crippen LogP contribution in [0.3, 0.4) is 0 Å². The Bertz CT molecular complexity index is 239. The van der Waals surface area contributed by atoms with Gasteiger partial charge in [0.2, 0.25) is 0 Å². The van der Waals surface area contributed by atoms with Crippen LogP contribution in [-0.4, -0.2) is 28.6 Å². The number of hydrogen-bond donors (Lipinski definition) is 0. The molecular formula is C19H41NSn. The fourth-order valence-corrected chi connectivity index (χ4v) is 20.2. The Kier molecular flexibility index (Phi) is 14.4. The first-order valence-corrected chi connectivity index (χ1v) is 17.2. The van der Waals surface area contributed by atoms with E-state index in [1.807, 2.05) is 0 Å². The number of unbranched alkanes of at least 4 members (excludes halogenated alkanes) is 4. The molecular weight excluding hydrogens is 361 g/mol. The van der Waals surface area contributed by atoms with Gasteiger partial charge in [-0.3, -0.25) is 0 Å². The maximum atomic E-state index is 5.17. The molecule has 2 heteroatoms. The summed E-state index contributed by atoms with van der Waals surface area (Å²) in [5, 5.41) is 0. The van der Waals surface area contributed by atoms with Crippen molar-refractivity contribution in [3.63, 3.8) is 0 Å². The van der Waals surface area contributed by atoms with Crippen molar-refractivity contribution >= 4 is 22.1 Å². The molecule has 0 aliphatic carbocycles. The third-order valence-corrected chi connectivity index (χ3v) is 21.0. The normalized spacial score (nSPS) is 12.9. The molecule has 0 aromatic heterocycles. The fourth-order valence-electron chi connectivity index (χ4n) is 3.38. The van der Waals surface area contributed by atoms with E-state index in [2.05, 4.69) is 34.6 Å². The molecule has 0 heterocycles. The van der Waals surface area contributed by atoms with Crippen molar-refractivity contribution in [3.8, 4) is 0 Å². The van der Waals surface area contributed by atoms with E-state index in [9.17, 15) is 0 Å².